The molecule has 2 rings (SSSR count). The molecular weight excluding hydrogens is 220 g/mol. The maximum absolute atomic E-state index is 11.5. The Morgan fingerprint density at radius 2 is 1.82 bits per heavy atom. The van der Waals surface area contributed by atoms with Gasteiger partial charge in [-0.2, -0.15) is 0 Å². The third kappa shape index (κ3) is 2.77. The Morgan fingerprint density at radius 3 is 2.24 bits per heavy atom. The Kier molecular flexibility index (Phi) is 3.66. The van der Waals surface area contributed by atoms with Crippen molar-refractivity contribution in [2.45, 2.75) is 31.7 Å². The topological polar surface area (TPSA) is 69.6 Å². The molecule has 0 bridgehead atoms. The Morgan fingerprint density at radius 1 is 1.24 bits per heavy atom. The molecule has 0 radical (unpaired) electrons. The maximum Gasteiger partial charge on any atom is 0.321 e. The number of amides is 1. The lowest BCUT2D eigenvalue weighted by Crippen LogP contribution is -2.48. The molecule has 1 unspecified atom stereocenters. The van der Waals surface area contributed by atoms with E-state index in [1.165, 1.54) is 0 Å². The number of rotatable bonds is 4. The molecular formula is C12H20N2O3. The largest absolute Gasteiger partial charge is 0.480 e. The summed E-state index contributed by atoms with van der Waals surface area (Å²) in [7, 11) is 1.65. The van der Waals surface area contributed by atoms with Crippen LogP contribution in [0.15, 0.2) is 0 Å². The quantitative estimate of drug-likeness (QED) is 0.742. The van der Waals surface area contributed by atoms with Crippen LogP contribution in [0.3, 0.4) is 0 Å². The van der Waals surface area contributed by atoms with Gasteiger partial charge in [0.15, 0.2) is 0 Å². The molecule has 1 saturated carbocycles. The minimum absolute atomic E-state index is 0.0601. The van der Waals surface area contributed by atoms with E-state index in [4.69, 9.17) is 0 Å². The summed E-state index contributed by atoms with van der Waals surface area (Å²) >= 11 is 0. The van der Waals surface area contributed by atoms with Gasteiger partial charge in [0, 0.05) is 13.0 Å². The molecule has 0 spiro atoms. The van der Waals surface area contributed by atoms with Crippen molar-refractivity contribution in [2.75, 3.05) is 20.1 Å². The van der Waals surface area contributed by atoms with Gasteiger partial charge in [-0.1, -0.05) is 0 Å². The van der Waals surface area contributed by atoms with Gasteiger partial charge in [0.25, 0.3) is 0 Å². The molecule has 17 heavy (non-hydrogen) atoms. The molecule has 1 aliphatic carbocycles. The molecule has 1 atom stereocenters. The summed E-state index contributed by atoms with van der Waals surface area (Å²) in [6.07, 6.45) is 3.62. The molecule has 1 saturated heterocycles. The van der Waals surface area contributed by atoms with Crippen LogP contribution in [-0.4, -0.2) is 48.1 Å². The summed E-state index contributed by atoms with van der Waals surface area (Å²) in [6, 6.07) is -0.319. The van der Waals surface area contributed by atoms with Gasteiger partial charge >= 0.3 is 5.97 Å². The molecule has 5 heteroatoms. The fourth-order valence-electron chi connectivity index (χ4n) is 2.71. The highest BCUT2D eigenvalue weighted by atomic mass is 16.4. The van der Waals surface area contributed by atoms with Gasteiger partial charge in [-0.3, -0.25) is 14.5 Å². The lowest BCUT2D eigenvalue weighted by atomic mass is 9.94. The van der Waals surface area contributed by atoms with Crippen molar-refractivity contribution in [3.05, 3.63) is 0 Å². The van der Waals surface area contributed by atoms with Gasteiger partial charge in [-0.25, -0.2) is 0 Å². The standard InChI is InChI=1S/C12H20N2O3/c1-13-11(15)9-4-6-14(7-5-9)10(12(16)17)8-2-3-8/h8-10H,2-7H2,1H3,(H,13,15)(H,16,17). The smallest absolute Gasteiger partial charge is 0.321 e. The number of aliphatic carboxylic acids is 1. The number of nitrogens with one attached hydrogen (secondary N) is 1. The zero-order valence-electron chi connectivity index (χ0n) is 10.2. The number of carbonyl (C=O) groups is 2. The van der Waals surface area contributed by atoms with Crippen LogP contribution in [0.1, 0.15) is 25.7 Å². The lowest BCUT2D eigenvalue weighted by molar-refractivity contribution is -0.145. The fourth-order valence-corrected chi connectivity index (χ4v) is 2.71. The summed E-state index contributed by atoms with van der Waals surface area (Å²) in [5.41, 5.74) is 0. The van der Waals surface area contributed by atoms with E-state index in [1.807, 2.05) is 4.90 Å². The zero-order chi connectivity index (χ0) is 12.4. The van der Waals surface area contributed by atoms with Crippen LogP contribution in [-0.2, 0) is 9.59 Å². The molecule has 1 aliphatic heterocycles. The van der Waals surface area contributed by atoms with Crippen LogP contribution in [0.2, 0.25) is 0 Å². The highest BCUT2D eigenvalue weighted by molar-refractivity contribution is 5.78. The number of hydrogen-bond donors (Lipinski definition) is 2. The van der Waals surface area contributed by atoms with Gasteiger partial charge in [0.05, 0.1) is 0 Å². The van der Waals surface area contributed by atoms with Crippen LogP contribution >= 0.6 is 0 Å². The average Bonchev–Trinajstić information content (AvgIpc) is 3.13. The van der Waals surface area contributed by atoms with Crippen molar-refractivity contribution in [1.29, 1.82) is 0 Å². The van der Waals surface area contributed by atoms with E-state index >= 15 is 0 Å². The number of likely N-dealkylation sites (tertiary alicyclic amines) is 1. The number of nitrogens with zero attached hydrogens (tertiary/aromatic N) is 1. The van der Waals surface area contributed by atoms with E-state index in [1.54, 1.807) is 7.05 Å². The SMILES string of the molecule is CNC(=O)C1CCN(C(C(=O)O)C2CC2)CC1. The summed E-state index contributed by atoms with van der Waals surface area (Å²) in [4.78, 5) is 24.7. The summed E-state index contributed by atoms with van der Waals surface area (Å²) in [5.74, 6) is -0.220. The number of piperidine rings is 1. The molecule has 1 amide bonds. The molecule has 1 heterocycles. The molecule has 96 valence electrons. The molecule has 0 aromatic rings. The van der Waals surface area contributed by atoms with Crippen molar-refractivity contribution in [3.63, 3.8) is 0 Å². The number of carbonyl (C=O) groups excluding carboxylic acids is 1. The first kappa shape index (κ1) is 12.4. The van der Waals surface area contributed by atoms with Gasteiger partial charge in [-0.05, 0) is 44.7 Å². The van der Waals surface area contributed by atoms with Crippen LogP contribution in [0.25, 0.3) is 0 Å². The summed E-state index contributed by atoms with van der Waals surface area (Å²) in [6.45, 7) is 1.46. The van der Waals surface area contributed by atoms with Gasteiger partial charge < -0.3 is 10.4 Å². The van der Waals surface area contributed by atoms with E-state index in [9.17, 15) is 14.7 Å². The Labute approximate surface area is 101 Å². The molecule has 0 aromatic carbocycles. The van der Waals surface area contributed by atoms with E-state index in [2.05, 4.69) is 5.32 Å². The third-order valence-electron chi connectivity index (χ3n) is 3.86. The minimum atomic E-state index is -0.703. The predicted octanol–water partition coefficient (Wildman–Crippen LogP) is 0.308. The Balaban J connectivity index is 1.89. The fraction of sp³-hybridized carbons (Fsp3) is 0.833. The first-order valence-electron chi connectivity index (χ1n) is 6.32. The highest BCUT2D eigenvalue weighted by Crippen LogP contribution is 2.36. The monoisotopic (exact) mass is 240 g/mol. The molecule has 2 aliphatic rings. The van der Waals surface area contributed by atoms with Crippen molar-refractivity contribution >= 4 is 11.9 Å². The van der Waals surface area contributed by atoms with E-state index in [0.717, 1.165) is 38.8 Å². The first-order valence-corrected chi connectivity index (χ1v) is 6.32. The third-order valence-corrected chi connectivity index (χ3v) is 3.86. The molecule has 0 aromatic heterocycles. The second kappa shape index (κ2) is 5.04. The van der Waals surface area contributed by atoms with Crippen molar-refractivity contribution in [2.24, 2.45) is 11.8 Å². The minimum Gasteiger partial charge on any atom is -0.480 e. The van der Waals surface area contributed by atoms with Gasteiger partial charge in [-0.15, -0.1) is 0 Å². The van der Waals surface area contributed by atoms with E-state index in [-0.39, 0.29) is 17.9 Å². The molecule has 5 nitrogen and oxygen atoms in total. The second-order valence-electron chi connectivity index (χ2n) is 5.04. The number of carboxylic acids is 1. The van der Waals surface area contributed by atoms with Crippen molar-refractivity contribution in [3.8, 4) is 0 Å². The van der Waals surface area contributed by atoms with Crippen molar-refractivity contribution in [1.82, 2.24) is 10.2 Å². The normalized spacial score (nSPS) is 24.3. The maximum atomic E-state index is 11.5. The van der Waals surface area contributed by atoms with Gasteiger partial charge in [0.2, 0.25) is 5.91 Å². The Bertz CT molecular complexity index is 307. The van der Waals surface area contributed by atoms with E-state index < -0.39 is 5.97 Å². The predicted molar refractivity (Wildman–Crippen MR) is 62.5 cm³/mol. The molecule has 2 fully saturated rings. The summed E-state index contributed by atoms with van der Waals surface area (Å²) in [5, 5.41) is 11.9. The summed E-state index contributed by atoms with van der Waals surface area (Å²) < 4.78 is 0. The van der Waals surface area contributed by atoms with Gasteiger partial charge in [0.1, 0.15) is 6.04 Å². The van der Waals surface area contributed by atoms with Crippen LogP contribution in [0.5, 0.6) is 0 Å². The van der Waals surface area contributed by atoms with Crippen molar-refractivity contribution < 1.29 is 14.7 Å². The Hall–Kier alpha value is -1.10. The second-order valence-corrected chi connectivity index (χ2v) is 5.04. The number of carboxylic acid groups (broad SMARTS) is 1. The van der Waals surface area contributed by atoms with Crippen LogP contribution in [0, 0.1) is 11.8 Å². The lowest BCUT2D eigenvalue weighted by Gasteiger charge is -2.35. The molecule has 2 N–H and O–H groups in total. The average molecular weight is 240 g/mol. The van der Waals surface area contributed by atoms with E-state index in [0.29, 0.717) is 5.92 Å². The highest BCUT2D eigenvalue weighted by Gasteiger charge is 2.41. The first-order chi connectivity index (χ1) is 8.13. The number of hydrogen-bond acceptors (Lipinski definition) is 3. The van der Waals surface area contributed by atoms with Crippen LogP contribution in [0.4, 0.5) is 0 Å². The zero-order valence-corrected chi connectivity index (χ0v) is 10.2. The van der Waals surface area contributed by atoms with Crippen LogP contribution < -0.4 is 5.32 Å².